The van der Waals surface area contributed by atoms with Crippen molar-refractivity contribution in [1.29, 1.82) is 0 Å². The van der Waals surface area contributed by atoms with Gasteiger partial charge in [0.2, 0.25) is 5.91 Å². The molecule has 0 aliphatic carbocycles. The molecule has 4 nitrogen and oxygen atoms in total. The van der Waals surface area contributed by atoms with Crippen LogP contribution in [-0.4, -0.2) is 24.0 Å². The van der Waals surface area contributed by atoms with Gasteiger partial charge in [-0.3, -0.25) is 4.79 Å². The van der Waals surface area contributed by atoms with Gasteiger partial charge in [-0.15, -0.1) is 0 Å². The molecule has 0 saturated carbocycles. The summed E-state index contributed by atoms with van der Waals surface area (Å²) in [6.07, 6.45) is 0.283. The Morgan fingerprint density at radius 2 is 1.89 bits per heavy atom. The number of nitrogens with one attached hydrogen (secondary N) is 2. The van der Waals surface area contributed by atoms with E-state index in [1.54, 1.807) is 12.1 Å². The lowest BCUT2D eigenvalue weighted by molar-refractivity contribution is -0.122. The fraction of sp³-hybridized carbons (Fsp3) is 0.500. The smallest absolute Gasteiger partial charge is 0.222 e. The number of amides is 1. The standard InChI is InChI=1S/C14H22FN3O/c1-14(2,3)18-13(19)8-12(9-16)17-11-6-4-10(15)5-7-11/h4-7,12,17H,8-9,16H2,1-3H3,(H,18,19). The van der Waals surface area contributed by atoms with Crippen molar-refractivity contribution in [2.24, 2.45) is 5.73 Å². The number of carbonyl (C=O) groups excluding carboxylic acids is 1. The van der Waals surface area contributed by atoms with Crippen molar-refractivity contribution in [2.45, 2.75) is 38.8 Å². The average Bonchev–Trinajstić information content (AvgIpc) is 2.28. The molecule has 1 aromatic carbocycles. The Labute approximate surface area is 113 Å². The number of hydrogen-bond acceptors (Lipinski definition) is 3. The Hall–Kier alpha value is -1.62. The molecule has 0 saturated heterocycles. The van der Waals surface area contributed by atoms with Crippen LogP contribution in [0.3, 0.4) is 0 Å². The summed E-state index contributed by atoms with van der Waals surface area (Å²) in [6, 6.07) is 5.81. The molecule has 0 bridgehead atoms. The van der Waals surface area contributed by atoms with Crippen LogP contribution in [0, 0.1) is 5.82 Å². The van der Waals surface area contributed by atoms with E-state index in [9.17, 15) is 9.18 Å². The second kappa shape index (κ2) is 6.52. The molecule has 1 atom stereocenters. The van der Waals surface area contributed by atoms with Crippen molar-refractivity contribution in [3.05, 3.63) is 30.1 Å². The van der Waals surface area contributed by atoms with E-state index in [2.05, 4.69) is 10.6 Å². The van der Waals surface area contributed by atoms with Gasteiger partial charge in [0.25, 0.3) is 0 Å². The van der Waals surface area contributed by atoms with E-state index in [0.29, 0.717) is 6.54 Å². The zero-order valence-electron chi connectivity index (χ0n) is 11.7. The van der Waals surface area contributed by atoms with Crippen molar-refractivity contribution in [2.75, 3.05) is 11.9 Å². The van der Waals surface area contributed by atoms with Gasteiger partial charge in [-0.25, -0.2) is 4.39 Å². The average molecular weight is 267 g/mol. The third kappa shape index (κ3) is 6.20. The van der Waals surface area contributed by atoms with E-state index in [1.807, 2.05) is 20.8 Å². The van der Waals surface area contributed by atoms with E-state index in [0.717, 1.165) is 5.69 Å². The molecule has 0 fully saturated rings. The number of nitrogens with two attached hydrogens (primary N) is 1. The number of benzene rings is 1. The van der Waals surface area contributed by atoms with Gasteiger partial charge < -0.3 is 16.4 Å². The zero-order valence-corrected chi connectivity index (χ0v) is 11.7. The molecule has 1 rings (SSSR count). The lowest BCUT2D eigenvalue weighted by Crippen LogP contribution is -2.44. The summed E-state index contributed by atoms with van der Waals surface area (Å²) in [7, 11) is 0. The van der Waals surface area contributed by atoms with Crippen molar-refractivity contribution >= 4 is 11.6 Å². The molecule has 19 heavy (non-hydrogen) atoms. The maximum absolute atomic E-state index is 12.8. The molecule has 0 heterocycles. The van der Waals surface area contributed by atoms with Gasteiger partial charge in [-0.05, 0) is 45.0 Å². The summed E-state index contributed by atoms with van der Waals surface area (Å²) in [5.41, 5.74) is 6.14. The molecule has 106 valence electrons. The predicted molar refractivity (Wildman–Crippen MR) is 75.4 cm³/mol. The Balaban J connectivity index is 2.54. The Kier molecular flexibility index (Phi) is 5.30. The molecule has 0 aliphatic heterocycles. The minimum atomic E-state index is -0.291. The first-order valence-corrected chi connectivity index (χ1v) is 6.33. The molecule has 0 aromatic heterocycles. The van der Waals surface area contributed by atoms with E-state index < -0.39 is 0 Å². The van der Waals surface area contributed by atoms with Crippen molar-refractivity contribution in [3.63, 3.8) is 0 Å². The first-order valence-electron chi connectivity index (χ1n) is 6.33. The van der Waals surface area contributed by atoms with E-state index >= 15 is 0 Å². The molecule has 5 heteroatoms. The summed E-state index contributed by atoms with van der Waals surface area (Å²) in [4.78, 5) is 11.8. The van der Waals surface area contributed by atoms with Gasteiger partial charge in [-0.2, -0.15) is 0 Å². The number of anilines is 1. The number of hydrogen-bond donors (Lipinski definition) is 3. The Morgan fingerprint density at radius 1 is 1.32 bits per heavy atom. The number of rotatable bonds is 5. The second-order valence-corrected chi connectivity index (χ2v) is 5.59. The summed E-state index contributed by atoms with van der Waals surface area (Å²) in [5, 5.41) is 6.00. The highest BCUT2D eigenvalue weighted by Crippen LogP contribution is 2.11. The molecule has 1 aromatic rings. The van der Waals surface area contributed by atoms with Crippen LogP contribution in [0.2, 0.25) is 0 Å². The van der Waals surface area contributed by atoms with Crippen LogP contribution in [0.4, 0.5) is 10.1 Å². The van der Waals surface area contributed by atoms with Gasteiger partial charge in [0.15, 0.2) is 0 Å². The topological polar surface area (TPSA) is 67.2 Å². The highest BCUT2D eigenvalue weighted by Gasteiger charge is 2.17. The zero-order chi connectivity index (χ0) is 14.5. The Morgan fingerprint density at radius 3 is 2.37 bits per heavy atom. The van der Waals surface area contributed by atoms with Crippen LogP contribution in [0.1, 0.15) is 27.2 Å². The van der Waals surface area contributed by atoms with Crippen LogP contribution >= 0.6 is 0 Å². The molecule has 0 aliphatic rings. The predicted octanol–water partition coefficient (Wildman–Crippen LogP) is 1.87. The molecule has 1 amide bonds. The monoisotopic (exact) mass is 267 g/mol. The second-order valence-electron chi connectivity index (χ2n) is 5.59. The van der Waals surface area contributed by atoms with Crippen molar-refractivity contribution in [3.8, 4) is 0 Å². The number of halogens is 1. The molecule has 1 unspecified atom stereocenters. The van der Waals surface area contributed by atoms with Crippen LogP contribution in [0.25, 0.3) is 0 Å². The van der Waals surface area contributed by atoms with Crippen molar-refractivity contribution in [1.82, 2.24) is 5.32 Å². The maximum Gasteiger partial charge on any atom is 0.222 e. The number of carbonyl (C=O) groups is 1. The highest BCUT2D eigenvalue weighted by atomic mass is 19.1. The molecule has 0 spiro atoms. The van der Waals surface area contributed by atoms with Crippen molar-refractivity contribution < 1.29 is 9.18 Å². The molecular weight excluding hydrogens is 245 g/mol. The van der Waals surface area contributed by atoms with E-state index in [1.165, 1.54) is 12.1 Å². The van der Waals surface area contributed by atoms with E-state index in [-0.39, 0.29) is 29.7 Å². The maximum atomic E-state index is 12.8. The van der Waals surface area contributed by atoms with Crippen LogP contribution in [0.15, 0.2) is 24.3 Å². The Bertz CT molecular complexity index is 412. The molecule has 0 radical (unpaired) electrons. The minimum absolute atomic E-state index is 0.0578. The van der Waals surface area contributed by atoms with Gasteiger partial charge >= 0.3 is 0 Å². The summed E-state index contributed by atoms with van der Waals surface area (Å²) >= 11 is 0. The van der Waals surface area contributed by atoms with Gasteiger partial charge in [-0.1, -0.05) is 0 Å². The largest absolute Gasteiger partial charge is 0.381 e. The quantitative estimate of drug-likeness (QED) is 0.763. The van der Waals surface area contributed by atoms with E-state index in [4.69, 9.17) is 5.73 Å². The summed E-state index contributed by atoms with van der Waals surface area (Å²) in [5.74, 6) is -0.349. The molecule has 4 N–H and O–H groups in total. The molecular formula is C14H22FN3O. The summed E-state index contributed by atoms with van der Waals surface area (Å²) < 4.78 is 12.8. The lowest BCUT2D eigenvalue weighted by Gasteiger charge is -2.23. The van der Waals surface area contributed by atoms with Crippen LogP contribution < -0.4 is 16.4 Å². The third-order valence-electron chi connectivity index (χ3n) is 2.45. The summed E-state index contributed by atoms with van der Waals surface area (Å²) in [6.45, 7) is 6.11. The fourth-order valence-corrected chi connectivity index (χ4v) is 1.67. The SMILES string of the molecule is CC(C)(C)NC(=O)CC(CN)Nc1ccc(F)cc1. The highest BCUT2D eigenvalue weighted by molar-refractivity contribution is 5.77. The van der Waals surface area contributed by atoms with Crippen LogP contribution in [-0.2, 0) is 4.79 Å². The fourth-order valence-electron chi connectivity index (χ4n) is 1.67. The third-order valence-corrected chi connectivity index (χ3v) is 2.45. The van der Waals surface area contributed by atoms with Gasteiger partial charge in [0, 0.05) is 30.2 Å². The van der Waals surface area contributed by atoms with Crippen LogP contribution in [0.5, 0.6) is 0 Å². The first kappa shape index (κ1) is 15.4. The van der Waals surface area contributed by atoms with Gasteiger partial charge in [0.05, 0.1) is 0 Å². The van der Waals surface area contributed by atoms with Gasteiger partial charge in [0.1, 0.15) is 5.82 Å². The lowest BCUT2D eigenvalue weighted by atomic mass is 10.1. The first-order chi connectivity index (χ1) is 8.80. The normalized spacial score (nSPS) is 12.9. The minimum Gasteiger partial charge on any atom is -0.381 e.